The Hall–Kier alpha value is -1.02. The number of rotatable bonds is 8. The Morgan fingerprint density at radius 3 is 2.89 bits per heavy atom. The van der Waals surface area contributed by atoms with Gasteiger partial charge in [0.2, 0.25) is 0 Å². The molecule has 0 amide bonds. The van der Waals surface area contributed by atoms with E-state index < -0.39 is 0 Å². The van der Waals surface area contributed by atoms with Gasteiger partial charge in [-0.15, -0.1) is 24.0 Å². The van der Waals surface area contributed by atoms with E-state index in [2.05, 4.69) is 45.6 Å². The van der Waals surface area contributed by atoms with Crippen LogP contribution in [0, 0.1) is 0 Å². The molecule has 0 aromatic heterocycles. The third kappa shape index (κ3) is 7.10. The van der Waals surface area contributed by atoms with Crippen molar-refractivity contribution in [3.8, 4) is 5.75 Å². The van der Waals surface area contributed by atoms with Gasteiger partial charge in [-0.3, -0.25) is 4.99 Å². The lowest BCUT2D eigenvalue weighted by molar-refractivity contribution is 0.158. The molecule has 0 aliphatic carbocycles. The van der Waals surface area contributed by atoms with E-state index in [9.17, 15) is 0 Å². The molecule has 2 aliphatic rings. The van der Waals surface area contributed by atoms with E-state index >= 15 is 0 Å². The van der Waals surface area contributed by atoms with E-state index in [-0.39, 0.29) is 24.0 Å². The van der Waals surface area contributed by atoms with Crippen LogP contribution in [-0.4, -0.2) is 56.7 Å². The van der Waals surface area contributed by atoms with Gasteiger partial charge in [-0.25, -0.2) is 0 Å². The second-order valence-electron chi connectivity index (χ2n) is 7.80. The molecule has 5 nitrogen and oxygen atoms in total. The van der Waals surface area contributed by atoms with E-state index in [0.717, 1.165) is 50.3 Å². The van der Waals surface area contributed by atoms with Gasteiger partial charge in [0.15, 0.2) is 5.96 Å². The second-order valence-corrected chi connectivity index (χ2v) is 7.80. The monoisotopic (exact) mass is 500 g/mol. The van der Waals surface area contributed by atoms with Crippen LogP contribution in [-0.2, 0) is 12.8 Å². The fraction of sp³-hybridized carbons (Fsp3) is 0.682. The smallest absolute Gasteiger partial charge is 0.190 e. The minimum atomic E-state index is 0. The molecule has 6 heteroatoms. The average molecular weight is 500 g/mol. The van der Waals surface area contributed by atoms with Crippen LogP contribution in [0.15, 0.2) is 23.2 Å². The number of unbranched alkanes of at least 4 members (excludes halogenated alkanes) is 1. The Morgan fingerprint density at radius 2 is 2.07 bits per heavy atom. The molecule has 158 valence electrons. The zero-order valence-electron chi connectivity index (χ0n) is 17.5. The van der Waals surface area contributed by atoms with E-state index in [1.807, 2.05) is 7.05 Å². The van der Waals surface area contributed by atoms with Crippen molar-refractivity contribution < 1.29 is 4.74 Å². The van der Waals surface area contributed by atoms with Crippen molar-refractivity contribution in [3.63, 3.8) is 0 Å². The van der Waals surface area contributed by atoms with Crippen LogP contribution < -0.4 is 15.4 Å². The Kier molecular flexibility index (Phi) is 10.4. The Bertz CT molecular complexity index is 623. The summed E-state index contributed by atoms with van der Waals surface area (Å²) in [6, 6.07) is 7.33. The van der Waals surface area contributed by atoms with Gasteiger partial charge < -0.3 is 20.3 Å². The van der Waals surface area contributed by atoms with Gasteiger partial charge in [0.1, 0.15) is 5.75 Å². The highest BCUT2D eigenvalue weighted by molar-refractivity contribution is 14.0. The Balaban J connectivity index is 0.00000280. The maximum absolute atomic E-state index is 5.57. The summed E-state index contributed by atoms with van der Waals surface area (Å²) in [6.45, 7) is 7.59. The van der Waals surface area contributed by atoms with E-state index in [4.69, 9.17) is 4.74 Å². The highest BCUT2D eigenvalue weighted by atomic mass is 127. The average Bonchev–Trinajstić information content (AvgIpc) is 3.15. The molecule has 1 atom stereocenters. The number of hydrogen-bond donors (Lipinski definition) is 2. The lowest BCUT2D eigenvalue weighted by Gasteiger charge is -2.33. The van der Waals surface area contributed by atoms with Crippen molar-refractivity contribution in [2.45, 2.75) is 57.9 Å². The normalized spacial score (nSPS) is 19.5. The van der Waals surface area contributed by atoms with Gasteiger partial charge in [-0.05, 0) is 69.3 Å². The number of benzene rings is 1. The quantitative estimate of drug-likeness (QED) is 0.248. The molecule has 2 aliphatic heterocycles. The van der Waals surface area contributed by atoms with Gasteiger partial charge in [0.05, 0.1) is 6.61 Å². The third-order valence-corrected chi connectivity index (χ3v) is 5.79. The first-order chi connectivity index (χ1) is 13.3. The highest BCUT2D eigenvalue weighted by Gasteiger charge is 2.17. The molecule has 1 saturated heterocycles. The van der Waals surface area contributed by atoms with Crippen molar-refractivity contribution in [3.05, 3.63) is 29.3 Å². The highest BCUT2D eigenvalue weighted by Crippen LogP contribution is 2.25. The molecule has 1 aromatic carbocycles. The number of guanidine groups is 1. The predicted octanol–water partition coefficient (Wildman–Crippen LogP) is 3.60. The standard InChI is InChI=1S/C22H36N4O.HI/c1-18-7-3-5-14-26(18)15-6-4-12-24-22(23-2)25-13-10-19-8-9-21-20(17-19)11-16-27-21;/h8-9,17-18H,3-7,10-16H2,1-2H3,(H2,23,24,25);1H. The molecular weight excluding hydrogens is 463 g/mol. The third-order valence-electron chi connectivity index (χ3n) is 5.79. The molecule has 0 saturated carbocycles. The molecular formula is C22H37IN4O. The number of hydrogen-bond acceptors (Lipinski definition) is 3. The summed E-state index contributed by atoms with van der Waals surface area (Å²) in [4.78, 5) is 6.99. The van der Waals surface area contributed by atoms with Gasteiger partial charge >= 0.3 is 0 Å². The van der Waals surface area contributed by atoms with Crippen LogP contribution in [0.5, 0.6) is 5.75 Å². The number of likely N-dealkylation sites (tertiary alicyclic amines) is 1. The zero-order chi connectivity index (χ0) is 18.9. The van der Waals surface area contributed by atoms with E-state index in [0.29, 0.717) is 0 Å². The summed E-state index contributed by atoms with van der Waals surface area (Å²) in [5.41, 5.74) is 2.70. The molecule has 0 radical (unpaired) electrons. The number of nitrogens with one attached hydrogen (secondary N) is 2. The van der Waals surface area contributed by atoms with Gasteiger partial charge in [-0.1, -0.05) is 18.6 Å². The van der Waals surface area contributed by atoms with Crippen LogP contribution in [0.2, 0.25) is 0 Å². The molecule has 1 unspecified atom stereocenters. The molecule has 3 rings (SSSR count). The molecule has 1 fully saturated rings. The summed E-state index contributed by atoms with van der Waals surface area (Å²) in [7, 11) is 1.84. The van der Waals surface area contributed by atoms with Crippen LogP contribution in [0.4, 0.5) is 0 Å². The van der Waals surface area contributed by atoms with Gasteiger partial charge in [0.25, 0.3) is 0 Å². The minimum Gasteiger partial charge on any atom is -0.493 e. The Morgan fingerprint density at radius 1 is 1.21 bits per heavy atom. The van der Waals surface area contributed by atoms with E-state index in [1.165, 1.54) is 56.3 Å². The van der Waals surface area contributed by atoms with E-state index in [1.54, 1.807) is 0 Å². The first kappa shape index (κ1) is 23.3. The van der Waals surface area contributed by atoms with Crippen LogP contribution in [0.25, 0.3) is 0 Å². The number of aliphatic imine (C=N–C) groups is 1. The molecule has 0 bridgehead atoms. The van der Waals surface area contributed by atoms with Crippen LogP contribution >= 0.6 is 24.0 Å². The fourth-order valence-corrected chi connectivity index (χ4v) is 4.08. The minimum absolute atomic E-state index is 0. The lowest BCUT2D eigenvalue weighted by Crippen LogP contribution is -2.40. The van der Waals surface area contributed by atoms with Crippen molar-refractivity contribution in [2.75, 3.05) is 39.8 Å². The number of piperidine rings is 1. The summed E-state index contributed by atoms with van der Waals surface area (Å²) >= 11 is 0. The number of ether oxygens (including phenoxy) is 1. The maximum Gasteiger partial charge on any atom is 0.190 e. The summed E-state index contributed by atoms with van der Waals surface area (Å²) in [5.74, 6) is 1.97. The molecule has 2 heterocycles. The van der Waals surface area contributed by atoms with Crippen molar-refractivity contribution in [1.29, 1.82) is 0 Å². The lowest BCUT2D eigenvalue weighted by atomic mass is 10.0. The number of nitrogens with zero attached hydrogens (tertiary/aromatic N) is 2. The number of halogens is 1. The Labute approximate surface area is 187 Å². The van der Waals surface area contributed by atoms with Crippen LogP contribution in [0.1, 0.15) is 50.2 Å². The van der Waals surface area contributed by atoms with Crippen molar-refractivity contribution >= 4 is 29.9 Å². The summed E-state index contributed by atoms with van der Waals surface area (Å²) in [5, 5.41) is 6.88. The van der Waals surface area contributed by atoms with Gasteiger partial charge in [0, 0.05) is 32.6 Å². The number of fused-ring (bicyclic) bond motifs is 1. The molecule has 28 heavy (non-hydrogen) atoms. The fourth-order valence-electron chi connectivity index (χ4n) is 4.08. The zero-order valence-corrected chi connectivity index (χ0v) is 19.8. The first-order valence-electron chi connectivity index (χ1n) is 10.7. The van der Waals surface area contributed by atoms with Crippen molar-refractivity contribution in [2.24, 2.45) is 4.99 Å². The van der Waals surface area contributed by atoms with Crippen LogP contribution in [0.3, 0.4) is 0 Å². The maximum atomic E-state index is 5.57. The first-order valence-corrected chi connectivity index (χ1v) is 10.7. The van der Waals surface area contributed by atoms with Crippen molar-refractivity contribution in [1.82, 2.24) is 15.5 Å². The molecule has 0 spiro atoms. The second kappa shape index (κ2) is 12.5. The molecule has 1 aromatic rings. The SMILES string of the molecule is CN=C(NCCCCN1CCCCC1C)NCCc1ccc2c(c1)CCO2.I. The molecule has 2 N–H and O–H groups in total. The van der Waals surface area contributed by atoms with Gasteiger partial charge in [-0.2, -0.15) is 0 Å². The predicted molar refractivity (Wildman–Crippen MR) is 128 cm³/mol. The topological polar surface area (TPSA) is 48.9 Å². The summed E-state index contributed by atoms with van der Waals surface area (Å²) in [6.07, 6.45) is 8.63. The summed E-state index contributed by atoms with van der Waals surface area (Å²) < 4.78 is 5.57. The largest absolute Gasteiger partial charge is 0.493 e.